The molecule has 0 unspecified atom stereocenters. The molecule has 0 spiro atoms. The Morgan fingerprint density at radius 3 is 2.37 bits per heavy atom. The van der Waals surface area contributed by atoms with E-state index in [4.69, 9.17) is 11.6 Å². The van der Waals surface area contributed by atoms with E-state index in [0.717, 1.165) is 11.8 Å². The van der Waals surface area contributed by atoms with Crippen molar-refractivity contribution in [3.63, 3.8) is 0 Å². The van der Waals surface area contributed by atoms with Crippen molar-refractivity contribution in [1.82, 2.24) is 4.90 Å². The molecule has 0 saturated heterocycles. The van der Waals surface area contributed by atoms with Crippen molar-refractivity contribution in [3.05, 3.63) is 75.4 Å². The molecule has 2 aromatic carbocycles. The second kappa shape index (κ2) is 9.80. The van der Waals surface area contributed by atoms with Crippen molar-refractivity contribution in [1.29, 1.82) is 0 Å². The lowest BCUT2D eigenvalue weighted by atomic mass is 10.1. The second-order valence-corrected chi connectivity index (χ2v) is 8.69. The Kier molecular flexibility index (Phi) is 7.15. The molecule has 154 valence electrons. The Morgan fingerprint density at radius 2 is 1.67 bits per heavy atom. The SMILES string of the molecule is CN(C)C(=O)Sc1ccccc1NC(=O)c1ccc(Cl)c(NC(=O)c2cccs2)c1. The third kappa shape index (κ3) is 5.41. The molecular formula is C21H18ClN3O3S2. The Hall–Kier alpha value is -2.81. The number of amides is 3. The summed E-state index contributed by atoms with van der Waals surface area (Å²) in [6.45, 7) is 0. The van der Waals surface area contributed by atoms with E-state index in [1.807, 2.05) is 0 Å². The molecule has 3 aromatic rings. The molecule has 0 aliphatic heterocycles. The molecule has 3 rings (SSSR count). The highest BCUT2D eigenvalue weighted by atomic mass is 35.5. The molecule has 0 saturated carbocycles. The van der Waals surface area contributed by atoms with E-state index in [2.05, 4.69) is 10.6 Å². The summed E-state index contributed by atoms with van der Waals surface area (Å²) in [7, 11) is 3.33. The van der Waals surface area contributed by atoms with Crippen molar-refractivity contribution in [2.24, 2.45) is 0 Å². The molecule has 6 nitrogen and oxygen atoms in total. The van der Waals surface area contributed by atoms with Crippen LogP contribution in [0.2, 0.25) is 5.02 Å². The number of carbonyl (C=O) groups excluding carboxylic acids is 3. The average molecular weight is 460 g/mol. The van der Waals surface area contributed by atoms with Crippen LogP contribution in [0, 0.1) is 0 Å². The molecule has 0 fully saturated rings. The van der Waals surface area contributed by atoms with Gasteiger partial charge in [0.15, 0.2) is 0 Å². The normalized spacial score (nSPS) is 10.4. The Labute approximate surface area is 187 Å². The van der Waals surface area contributed by atoms with Crippen molar-refractivity contribution in [3.8, 4) is 0 Å². The van der Waals surface area contributed by atoms with Crippen molar-refractivity contribution in [2.45, 2.75) is 4.90 Å². The van der Waals surface area contributed by atoms with E-state index in [9.17, 15) is 14.4 Å². The Bertz CT molecular complexity index is 1080. The van der Waals surface area contributed by atoms with Gasteiger partial charge in [0.2, 0.25) is 0 Å². The quantitative estimate of drug-likeness (QED) is 0.481. The van der Waals surface area contributed by atoms with Crippen LogP contribution in [-0.2, 0) is 0 Å². The molecule has 30 heavy (non-hydrogen) atoms. The predicted octanol–water partition coefficient (Wildman–Crippen LogP) is 5.68. The Morgan fingerprint density at radius 1 is 0.933 bits per heavy atom. The van der Waals surface area contributed by atoms with Gasteiger partial charge in [0.05, 0.1) is 21.3 Å². The summed E-state index contributed by atoms with van der Waals surface area (Å²) < 4.78 is 0. The molecule has 0 bridgehead atoms. The maximum Gasteiger partial charge on any atom is 0.286 e. The fraction of sp³-hybridized carbons (Fsp3) is 0.0952. The van der Waals surface area contributed by atoms with E-state index < -0.39 is 0 Å². The Balaban J connectivity index is 1.78. The number of para-hydroxylation sites is 1. The van der Waals surface area contributed by atoms with Gasteiger partial charge in [-0.25, -0.2) is 0 Å². The van der Waals surface area contributed by atoms with Gasteiger partial charge in [-0.2, -0.15) is 0 Å². The molecule has 1 aromatic heterocycles. The van der Waals surface area contributed by atoms with Crippen LogP contribution >= 0.6 is 34.7 Å². The molecule has 0 radical (unpaired) electrons. The maximum absolute atomic E-state index is 12.8. The van der Waals surface area contributed by atoms with E-state index in [0.29, 0.717) is 31.7 Å². The molecule has 0 atom stereocenters. The third-order valence-electron chi connectivity index (χ3n) is 3.92. The van der Waals surface area contributed by atoms with E-state index >= 15 is 0 Å². The lowest BCUT2D eigenvalue weighted by molar-refractivity contribution is 0.101. The van der Waals surface area contributed by atoms with E-state index in [-0.39, 0.29) is 17.1 Å². The van der Waals surface area contributed by atoms with Gasteiger partial charge in [-0.3, -0.25) is 14.4 Å². The first-order valence-corrected chi connectivity index (χ1v) is 10.9. The number of halogens is 1. The van der Waals surface area contributed by atoms with E-state index in [1.54, 1.807) is 68.0 Å². The van der Waals surface area contributed by atoms with Gasteiger partial charge in [0.25, 0.3) is 17.1 Å². The minimum Gasteiger partial charge on any atom is -0.339 e. The fourth-order valence-corrected chi connectivity index (χ4v) is 3.92. The number of hydrogen-bond donors (Lipinski definition) is 2. The van der Waals surface area contributed by atoms with Crippen LogP contribution < -0.4 is 10.6 Å². The predicted molar refractivity (Wildman–Crippen MR) is 123 cm³/mol. The van der Waals surface area contributed by atoms with Crippen LogP contribution in [-0.4, -0.2) is 36.0 Å². The highest BCUT2D eigenvalue weighted by Gasteiger charge is 2.16. The highest BCUT2D eigenvalue weighted by Crippen LogP contribution is 2.30. The smallest absolute Gasteiger partial charge is 0.286 e. The van der Waals surface area contributed by atoms with Crippen LogP contribution in [0.1, 0.15) is 20.0 Å². The van der Waals surface area contributed by atoms with Crippen LogP contribution in [0.3, 0.4) is 0 Å². The number of anilines is 2. The number of thiophene rings is 1. The van der Waals surface area contributed by atoms with Crippen LogP contribution in [0.15, 0.2) is 64.9 Å². The van der Waals surface area contributed by atoms with Gasteiger partial charge < -0.3 is 15.5 Å². The zero-order valence-corrected chi connectivity index (χ0v) is 18.5. The van der Waals surface area contributed by atoms with Crippen LogP contribution in [0.25, 0.3) is 0 Å². The molecule has 0 aliphatic carbocycles. The molecule has 1 heterocycles. The van der Waals surface area contributed by atoms with Gasteiger partial charge in [-0.15, -0.1) is 11.3 Å². The maximum atomic E-state index is 12.8. The number of rotatable bonds is 5. The summed E-state index contributed by atoms with van der Waals surface area (Å²) in [5.41, 5.74) is 1.18. The zero-order chi connectivity index (χ0) is 21.7. The summed E-state index contributed by atoms with van der Waals surface area (Å²) in [4.78, 5) is 39.8. The third-order valence-corrected chi connectivity index (χ3v) is 6.23. The lowest BCUT2D eigenvalue weighted by Crippen LogP contribution is -2.17. The second-order valence-electron chi connectivity index (χ2n) is 6.34. The summed E-state index contributed by atoms with van der Waals surface area (Å²) >= 11 is 8.52. The summed E-state index contributed by atoms with van der Waals surface area (Å²) in [5, 5.41) is 7.52. The van der Waals surface area contributed by atoms with Gasteiger partial charge in [-0.1, -0.05) is 29.8 Å². The number of benzene rings is 2. The first kappa shape index (κ1) is 21.9. The molecule has 2 N–H and O–H groups in total. The lowest BCUT2D eigenvalue weighted by Gasteiger charge is -2.14. The van der Waals surface area contributed by atoms with E-state index in [1.165, 1.54) is 22.3 Å². The number of carbonyl (C=O) groups is 3. The molecule has 0 aliphatic rings. The summed E-state index contributed by atoms with van der Waals surface area (Å²) in [6.07, 6.45) is 0. The first-order chi connectivity index (χ1) is 14.3. The van der Waals surface area contributed by atoms with Gasteiger partial charge >= 0.3 is 0 Å². The largest absolute Gasteiger partial charge is 0.339 e. The molecule has 9 heteroatoms. The minimum atomic E-state index is -0.386. The van der Waals surface area contributed by atoms with Gasteiger partial charge in [-0.05, 0) is 53.5 Å². The number of thioether (sulfide) groups is 1. The summed E-state index contributed by atoms with van der Waals surface area (Å²) in [5.74, 6) is -0.683. The van der Waals surface area contributed by atoms with Gasteiger partial charge in [0, 0.05) is 24.6 Å². The van der Waals surface area contributed by atoms with Crippen molar-refractivity contribution < 1.29 is 14.4 Å². The monoisotopic (exact) mass is 459 g/mol. The van der Waals surface area contributed by atoms with Crippen LogP contribution in [0.4, 0.5) is 16.2 Å². The minimum absolute atomic E-state index is 0.151. The standard InChI is InChI=1S/C21H18ClN3O3S2/c1-25(2)21(28)30-17-7-4-3-6-15(17)23-19(26)13-9-10-14(22)16(12-13)24-20(27)18-8-5-11-29-18/h3-12H,1-2H3,(H,23,26)(H,24,27). The number of hydrogen-bond acceptors (Lipinski definition) is 5. The topological polar surface area (TPSA) is 78.5 Å². The van der Waals surface area contributed by atoms with Gasteiger partial charge in [0.1, 0.15) is 0 Å². The number of nitrogens with zero attached hydrogens (tertiary/aromatic N) is 1. The van der Waals surface area contributed by atoms with Crippen LogP contribution in [0.5, 0.6) is 0 Å². The highest BCUT2D eigenvalue weighted by molar-refractivity contribution is 8.13. The fourth-order valence-electron chi connectivity index (χ4n) is 2.39. The summed E-state index contributed by atoms with van der Waals surface area (Å²) in [6, 6.07) is 15.2. The van der Waals surface area contributed by atoms with Crippen molar-refractivity contribution in [2.75, 3.05) is 24.7 Å². The average Bonchev–Trinajstić information content (AvgIpc) is 3.26. The molecular weight excluding hydrogens is 442 g/mol. The van der Waals surface area contributed by atoms with Crippen molar-refractivity contribution >= 4 is 63.1 Å². The zero-order valence-electron chi connectivity index (χ0n) is 16.1. The molecule has 3 amide bonds. The number of nitrogens with one attached hydrogen (secondary N) is 2. The first-order valence-electron chi connectivity index (χ1n) is 8.79.